The van der Waals surface area contributed by atoms with Crippen LogP contribution in [0.25, 0.3) is 0 Å². The van der Waals surface area contributed by atoms with Gasteiger partial charge in [0.25, 0.3) is 11.8 Å². The number of amides is 2. The molecule has 7 nitrogen and oxygen atoms in total. The number of anilines is 2. The summed E-state index contributed by atoms with van der Waals surface area (Å²) >= 11 is 2.80. The summed E-state index contributed by atoms with van der Waals surface area (Å²) in [6.45, 7) is -3.04. The van der Waals surface area contributed by atoms with Gasteiger partial charge in [0.1, 0.15) is 0 Å². The SMILES string of the molecule is CCC(c1cc(Br)c(NC(=O)c2cccc(N(C)C(=O)c3ccncc3)c2OC)c(OC(F)F)c1)(C(F)(F)F)C(F)(F)F. The topological polar surface area (TPSA) is 80.8 Å². The number of carbonyl (C=O) groups is 2. The second-order valence-corrected chi connectivity index (χ2v) is 9.73. The van der Waals surface area contributed by atoms with Gasteiger partial charge < -0.3 is 19.7 Å². The predicted octanol–water partition coefficient (Wildman–Crippen LogP) is 7.76. The predicted molar refractivity (Wildman–Crippen MR) is 143 cm³/mol. The molecule has 0 fully saturated rings. The lowest BCUT2D eigenvalue weighted by Gasteiger charge is -2.37. The van der Waals surface area contributed by atoms with Gasteiger partial charge in [-0.25, -0.2) is 0 Å². The molecule has 0 spiro atoms. The van der Waals surface area contributed by atoms with E-state index >= 15 is 0 Å². The van der Waals surface area contributed by atoms with Gasteiger partial charge in [0, 0.05) is 29.5 Å². The van der Waals surface area contributed by atoms with Crippen molar-refractivity contribution in [2.75, 3.05) is 24.4 Å². The van der Waals surface area contributed by atoms with E-state index in [2.05, 4.69) is 31.0 Å². The zero-order chi connectivity index (χ0) is 32.3. The molecule has 0 atom stereocenters. The lowest BCUT2D eigenvalue weighted by atomic mass is 9.76. The first kappa shape index (κ1) is 33.6. The van der Waals surface area contributed by atoms with Crippen molar-refractivity contribution >= 4 is 39.1 Å². The lowest BCUT2D eigenvalue weighted by molar-refractivity contribution is -0.304. The van der Waals surface area contributed by atoms with Crippen molar-refractivity contribution in [3.8, 4) is 11.5 Å². The maximum absolute atomic E-state index is 13.9. The number of benzene rings is 2. The Labute approximate surface area is 247 Å². The standard InChI is InChI=1S/C27H22BrF8N3O4/c1-4-25(26(31,32)33,27(34,35)36)15-12-17(28)20(19(13-15)43-24(29)30)38-22(40)16-6-5-7-18(21(16)42-3)39(2)23(41)14-8-10-37-11-9-14/h5-13,24H,4H2,1-3H3,(H,38,40). The summed E-state index contributed by atoms with van der Waals surface area (Å²) in [6.07, 6.45) is -10.5. The molecule has 0 aliphatic carbocycles. The van der Waals surface area contributed by atoms with Crippen LogP contribution >= 0.6 is 15.9 Å². The van der Waals surface area contributed by atoms with Gasteiger partial charge in [-0.05, 0) is 64.3 Å². The van der Waals surface area contributed by atoms with Crippen LogP contribution in [0.1, 0.15) is 39.6 Å². The first-order chi connectivity index (χ1) is 20.0. The van der Waals surface area contributed by atoms with E-state index in [1.54, 1.807) is 0 Å². The number of pyridine rings is 1. The quantitative estimate of drug-likeness (QED) is 0.233. The number of carbonyl (C=O) groups excluding carboxylic acids is 2. The third kappa shape index (κ3) is 6.53. The Hall–Kier alpha value is -3.95. The summed E-state index contributed by atoms with van der Waals surface area (Å²) in [5.74, 6) is -2.92. The number of halogens is 9. The average molecular weight is 684 g/mol. The van der Waals surface area contributed by atoms with E-state index in [-0.39, 0.29) is 28.6 Å². The van der Waals surface area contributed by atoms with Gasteiger partial charge in [-0.2, -0.15) is 35.1 Å². The number of methoxy groups -OCH3 is 1. The molecule has 2 amide bonds. The number of para-hydroxylation sites is 1. The molecule has 0 radical (unpaired) electrons. The Morgan fingerprint density at radius 3 is 2.14 bits per heavy atom. The van der Waals surface area contributed by atoms with Crippen LogP contribution in [-0.2, 0) is 5.41 Å². The second kappa shape index (κ2) is 12.7. The Balaban J connectivity index is 2.11. The summed E-state index contributed by atoms with van der Waals surface area (Å²) in [7, 11) is 2.56. The number of aromatic nitrogens is 1. The van der Waals surface area contributed by atoms with Crippen LogP contribution in [-0.4, -0.2) is 49.9 Å². The minimum absolute atomic E-state index is 0.0958. The molecule has 3 aromatic rings. The molecule has 1 N–H and O–H groups in total. The number of ether oxygens (including phenoxy) is 2. The fraction of sp³-hybridized carbons (Fsp3) is 0.296. The van der Waals surface area contributed by atoms with Crippen molar-refractivity contribution in [2.24, 2.45) is 0 Å². The van der Waals surface area contributed by atoms with Gasteiger partial charge in [-0.15, -0.1) is 0 Å². The van der Waals surface area contributed by atoms with Crippen LogP contribution in [0.2, 0.25) is 0 Å². The highest BCUT2D eigenvalue weighted by atomic mass is 79.9. The molecular weight excluding hydrogens is 662 g/mol. The molecule has 43 heavy (non-hydrogen) atoms. The highest BCUT2D eigenvalue weighted by Crippen LogP contribution is 2.56. The normalized spacial score (nSPS) is 12.2. The van der Waals surface area contributed by atoms with Crippen LogP contribution in [0.4, 0.5) is 46.5 Å². The molecular formula is C27H22BrF8N3O4. The molecule has 1 heterocycles. The van der Waals surface area contributed by atoms with Gasteiger partial charge in [0.05, 0.1) is 24.0 Å². The average Bonchev–Trinajstić information content (AvgIpc) is 2.92. The van der Waals surface area contributed by atoms with Gasteiger partial charge in [-0.1, -0.05) is 13.0 Å². The van der Waals surface area contributed by atoms with E-state index in [0.717, 1.165) is 4.90 Å². The van der Waals surface area contributed by atoms with Crippen molar-refractivity contribution in [2.45, 2.75) is 37.7 Å². The molecule has 3 rings (SSSR count). The first-order valence-electron chi connectivity index (χ1n) is 12.1. The zero-order valence-corrected chi connectivity index (χ0v) is 24.0. The minimum atomic E-state index is -5.88. The van der Waals surface area contributed by atoms with Crippen molar-refractivity contribution in [1.82, 2.24) is 4.98 Å². The zero-order valence-electron chi connectivity index (χ0n) is 22.4. The van der Waals surface area contributed by atoms with Crippen LogP contribution in [0.3, 0.4) is 0 Å². The van der Waals surface area contributed by atoms with Crippen molar-refractivity contribution < 1.29 is 54.2 Å². The van der Waals surface area contributed by atoms with Gasteiger partial charge in [0.15, 0.2) is 16.9 Å². The molecule has 0 unspecified atom stereocenters. The highest BCUT2D eigenvalue weighted by Gasteiger charge is 2.70. The third-order valence-corrected chi connectivity index (χ3v) is 7.16. The summed E-state index contributed by atoms with van der Waals surface area (Å²) in [5, 5.41) is 2.18. The summed E-state index contributed by atoms with van der Waals surface area (Å²) in [4.78, 5) is 31.3. The van der Waals surface area contributed by atoms with Gasteiger partial charge >= 0.3 is 19.0 Å². The van der Waals surface area contributed by atoms with E-state index in [4.69, 9.17) is 4.74 Å². The molecule has 232 valence electrons. The number of hydrogen-bond donors (Lipinski definition) is 1. The molecule has 2 aromatic carbocycles. The Morgan fingerprint density at radius 1 is 1.02 bits per heavy atom. The van der Waals surface area contributed by atoms with Crippen LogP contribution in [0, 0.1) is 0 Å². The number of rotatable bonds is 9. The van der Waals surface area contributed by atoms with Crippen LogP contribution in [0.5, 0.6) is 11.5 Å². The Bertz CT molecular complexity index is 1470. The maximum atomic E-state index is 13.9. The second-order valence-electron chi connectivity index (χ2n) is 8.88. The number of nitrogens with zero attached hydrogens (tertiary/aromatic N) is 2. The molecule has 16 heteroatoms. The lowest BCUT2D eigenvalue weighted by Crippen LogP contribution is -2.53. The number of hydrogen-bond acceptors (Lipinski definition) is 5. The molecule has 1 aromatic heterocycles. The molecule has 0 aliphatic rings. The summed E-state index contributed by atoms with van der Waals surface area (Å²) in [5.41, 5.74) is -6.48. The smallest absolute Gasteiger partial charge is 0.407 e. The third-order valence-electron chi connectivity index (χ3n) is 6.54. The van der Waals surface area contributed by atoms with E-state index in [0.29, 0.717) is 13.0 Å². The fourth-order valence-electron chi connectivity index (χ4n) is 4.39. The highest BCUT2D eigenvalue weighted by molar-refractivity contribution is 9.10. The molecule has 0 bridgehead atoms. The van der Waals surface area contributed by atoms with Crippen molar-refractivity contribution in [3.63, 3.8) is 0 Å². The number of nitrogens with one attached hydrogen (secondary N) is 1. The van der Waals surface area contributed by atoms with Gasteiger partial charge in [-0.3, -0.25) is 14.6 Å². The first-order valence-corrected chi connectivity index (χ1v) is 12.9. The van der Waals surface area contributed by atoms with Crippen LogP contribution in [0.15, 0.2) is 59.3 Å². The molecule has 0 saturated carbocycles. The summed E-state index contributed by atoms with van der Waals surface area (Å²) < 4.78 is 119. The van der Waals surface area contributed by atoms with E-state index < -0.39 is 64.1 Å². The molecule has 0 aliphatic heterocycles. The van der Waals surface area contributed by atoms with E-state index in [1.165, 1.54) is 56.9 Å². The van der Waals surface area contributed by atoms with E-state index in [9.17, 15) is 44.7 Å². The van der Waals surface area contributed by atoms with Gasteiger partial charge in [0.2, 0.25) is 0 Å². The number of alkyl halides is 8. The van der Waals surface area contributed by atoms with E-state index in [1.807, 2.05) is 0 Å². The minimum Gasteiger partial charge on any atom is -0.494 e. The van der Waals surface area contributed by atoms with Crippen molar-refractivity contribution in [1.29, 1.82) is 0 Å². The fourth-order valence-corrected chi connectivity index (χ4v) is 4.93. The summed E-state index contributed by atoms with van der Waals surface area (Å²) in [6, 6.07) is 7.49. The molecule has 0 saturated heterocycles. The van der Waals surface area contributed by atoms with Crippen LogP contribution < -0.4 is 19.7 Å². The largest absolute Gasteiger partial charge is 0.494 e. The Kier molecular flexibility index (Phi) is 9.93. The monoisotopic (exact) mass is 683 g/mol. The maximum Gasteiger partial charge on any atom is 0.407 e. The Morgan fingerprint density at radius 2 is 1.63 bits per heavy atom. The van der Waals surface area contributed by atoms with Crippen molar-refractivity contribution in [3.05, 3.63) is 76.0 Å².